The highest BCUT2D eigenvalue weighted by atomic mass is 32.2. The Hall–Kier alpha value is -6.47. The number of nitrogens with zero attached hydrogens (tertiary/aromatic N) is 4. The van der Waals surface area contributed by atoms with E-state index in [0.717, 1.165) is 55.9 Å². The number of para-hydroxylation sites is 3. The molecule has 2 aliphatic heterocycles. The standard InChI is InChI=1S/C50H30N4S2/c1-2-15-32(16-3-1)54-41-22-7-9-24-44(41)56-49-42(54)28-26-39-48(49)55-43-23-8-6-20-36(43)50(39)37-21-12-30-52-46(37)47-38(50)25-27-40(53-47)34-18-5-4-17-33(34)35-19-10-13-31-14-11-29-51-45(31)35/h1-30H. The van der Waals surface area contributed by atoms with Crippen LogP contribution in [0.5, 0.6) is 0 Å². The zero-order valence-electron chi connectivity index (χ0n) is 29.9. The smallest absolute Gasteiger partial charge is 0.0945 e. The van der Waals surface area contributed by atoms with Crippen molar-refractivity contribution in [3.05, 3.63) is 205 Å². The van der Waals surface area contributed by atoms with Crippen LogP contribution in [-0.4, -0.2) is 15.0 Å². The van der Waals surface area contributed by atoms with Gasteiger partial charge < -0.3 is 4.90 Å². The first-order valence-electron chi connectivity index (χ1n) is 18.8. The first-order valence-corrected chi connectivity index (χ1v) is 20.4. The largest absolute Gasteiger partial charge is 0.308 e. The Balaban J connectivity index is 1.10. The van der Waals surface area contributed by atoms with Crippen LogP contribution in [0.1, 0.15) is 22.3 Å². The Morgan fingerprint density at radius 2 is 1.11 bits per heavy atom. The van der Waals surface area contributed by atoms with E-state index in [1.54, 1.807) is 0 Å². The predicted octanol–water partition coefficient (Wildman–Crippen LogP) is 13.1. The van der Waals surface area contributed by atoms with Crippen LogP contribution in [0.25, 0.3) is 44.7 Å². The molecule has 0 bridgehead atoms. The summed E-state index contributed by atoms with van der Waals surface area (Å²) in [5, 5.41) is 1.12. The number of fused-ring (bicyclic) bond motifs is 13. The van der Waals surface area contributed by atoms with Crippen LogP contribution in [0.2, 0.25) is 0 Å². The molecular weight excluding hydrogens is 721 g/mol. The van der Waals surface area contributed by atoms with E-state index in [4.69, 9.17) is 15.0 Å². The van der Waals surface area contributed by atoms with Gasteiger partial charge >= 0.3 is 0 Å². The normalized spacial score (nSPS) is 15.8. The van der Waals surface area contributed by atoms with Gasteiger partial charge in [-0.25, -0.2) is 4.98 Å². The summed E-state index contributed by atoms with van der Waals surface area (Å²) in [6, 6.07) is 61.1. The van der Waals surface area contributed by atoms with Gasteiger partial charge in [0, 0.05) is 49.3 Å². The predicted molar refractivity (Wildman–Crippen MR) is 228 cm³/mol. The molecule has 1 aliphatic carbocycles. The maximum Gasteiger partial charge on any atom is 0.0945 e. The number of rotatable bonds is 3. The van der Waals surface area contributed by atoms with E-state index < -0.39 is 5.41 Å². The van der Waals surface area contributed by atoms with Crippen molar-refractivity contribution in [2.75, 3.05) is 4.90 Å². The van der Waals surface area contributed by atoms with Crippen molar-refractivity contribution in [3.63, 3.8) is 0 Å². The fraction of sp³-hybridized carbons (Fsp3) is 0.0200. The van der Waals surface area contributed by atoms with Crippen LogP contribution in [-0.2, 0) is 5.41 Å². The number of hydrogen-bond acceptors (Lipinski definition) is 6. The lowest BCUT2D eigenvalue weighted by Gasteiger charge is -2.42. The molecule has 0 N–H and O–H groups in total. The summed E-state index contributed by atoms with van der Waals surface area (Å²) >= 11 is 3.76. The van der Waals surface area contributed by atoms with Crippen molar-refractivity contribution in [2.24, 2.45) is 0 Å². The van der Waals surface area contributed by atoms with Gasteiger partial charge in [-0.05, 0) is 82.4 Å². The number of pyridine rings is 3. The second-order valence-corrected chi connectivity index (χ2v) is 16.4. The number of anilines is 3. The van der Waals surface area contributed by atoms with Crippen LogP contribution < -0.4 is 4.90 Å². The molecule has 0 amide bonds. The van der Waals surface area contributed by atoms with Crippen LogP contribution in [0.4, 0.5) is 17.1 Å². The molecule has 0 fully saturated rings. The van der Waals surface area contributed by atoms with E-state index in [-0.39, 0.29) is 0 Å². The molecule has 0 saturated heterocycles. The summed E-state index contributed by atoms with van der Waals surface area (Å²) in [5.41, 5.74) is 14.8. The van der Waals surface area contributed by atoms with Gasteiger partial charge in [0.25, 0.3) is 0 Å². The van der Waals surface area contributed by atoms with E-state index in [1.165, 1.54) is 47.6 Å². The quantitative estimate of drug-likeness (QED) is 0.179. The minimum atomic E-state index is -0.606. The molecule has 5 heterocycles. The summed E-state index contributed by atoms with van der Waals surface area (Å²) in [4.78, 5) is 23.0. The Kier molecular flexibility index (Phi) is 6.98. The molecule has 4 nitrogen and oxygen atoms in total. The summed E-state index contributed by atoms with van der Waals surface area (Å²) in [7, 11) is 0. The van der Waals surface area contributed by atoms with Gasteiger partial charge in [-0.1, -0.05) is 139 Å². The monoisotopic (exact) mass is 750 g/mol. The highest BCUT2D eigenvalue weighted by Crippen LogP contribution is 2.65. The molecule has 3 aliphatic rings. The molecule has 262 valence electrons. The van der Waals surface area contributed by atoms with Crippen LogP contribution in [0.3, 0.4) is 0 Å². The van der Waals surface area contributed by atoms with Crippen molar-refractivity contribution in [2.45, 2.75) is 25.0 Å². The Morgan fingerprint density at radius 1 is 0.429 bits per heavy atom. The average Bonchev–Trinajstić information content (AvgIpc) is 3.55. The van der Waals surface area contributed by atoms with E-state index in [0.29, 0.717) is 0 Å². The first kappa shape index (κ1) is 31.8. The third kappa shape index (κ3) is 4.42. The topological polar surface area (TPSA) is 41.9 Å². The lowest BCUT2D eigenvalue weighted by molar-refractivity contribution is 0.711. The molecule has 0 saturated carbocycles. The summed E-state index contributed by atoms with van der Waals surface area (Å²) in [6.07, 6.45) is 3.78. The fourth-order valence-corrected chi connectivity index (χ4v) is 11.7. The maximum atomic E-state index is 5.59. The molecule has 1 spiro atoms. The Bertz CT molecular complexity index is 3070. The zero-order chi connectivity index (χ0) is 36.8. The molecule has 1 atom stereocenters. The first-order chi connectivity index (χ1) is 27.8. The van der Waals surface area contributed by atoms with Gasteiger partial charge in [0.15, 0.2) is 0 Å². The van der Waals surface area contributed by atoms with Crippen molar-refractivity contribution < 1.29 is 0 Å². The van der Waals surface area contributed by atoms with Gasteiger partial charge in [0.05, 0.1) is 44.3 Å². The molecular formula is C50H30N4S2. The second-order valence-electron chi connectivity index (χ2n) is 14.3. The maximum absolute atomic E-state index is 5.59. The van der Waals surface area contributed by atoms with Gasteiger partial charge in [0.2, 0.25) is 0 Å². The molecule has 9 aromatic rings. The van der Waals surface area contributed by atoms with E-state index in [9.17, 15) is 0 Å². The van der Waals surface area contributed by atoms with Gasteiger partial charge in [-0.3, -0.25) is 9.97 Å². The summed E-state index contributed by atoms with van der Waals surface area (Å²) in [6.45, 7) is 0. The highest BCUT2D eigenvalue weighted by Gasteiger charge is 2.52. The lowest BCUT2D eigenvalue weighted by Crippen LogP contribution is -2.32. The molecule has 56 heavy (non-hydrogen) atoms. The summed E-state index contributed by atoms with van der Waals surface area (Å²) < 4.78 is 0. The van der Waals surface area contributed by atoms with E-state index in [2.05, 4.69) is 169 Å². The van der Waals surface area contributed by atoms with Crippen molar-refractivity contribution >= 4 is 51.5 Å². The third-order valence-corrected chi connectivity index (χ3v) is 13.9. The highest BCUT2D eigenvalue weighted by molar-refractivity contribution is 8.02. The van der Waals surface area contributed by atoms with Crippen molar-refractivity contribution in [1.29, 1.82) is 0 Å². The van der Waals surface area contributed by atoms with Gasteiger partial charge in [0.1, 0.15) is 0 Å². The third-order valence-electron chi connectivity index (χ3n) is 11.4. The van der Waals surface area contributed by atoms with Crippen molar-refractivity contribution in [1.82, 2.24) is 15.0 Å². The molecule has 3 aromatic heterocycles. The zero-order valence-corrected chi connectivity index (χ0v) is 31.6. The van der Waals surface area contributed by atoms with Crippen LogP contribution >= 0.6 is 23.5 Å². The SMILES string of the molecule is c1ccc(N2c3ccccc3Sc3c2ccc2c3Sc3ccccc3C23c2cccnc2-c2nc(-c4ccccc4-c4cccc5cccnc45)ccc23)cc1. The number of hydrogen-bond donors (Lipinski definition) is 0. The fourth-order valence-electron chi connectivity index (χ4n) is 9.14. The Labute approximate surface area is 333 Å². The number of benzene rings is 6. The lowest BCUT2D eigenvalue weighted by atomic mass is 9.67. The molecule has 6 aromatic carbocycles. The van der Waals surface area contributed by atoms with E-state index >= 15 is 0 Å². The van der Waals surface area contributed by atoms with Crippen LogP contribution in [0, 0.1) is 0 Å². The average molecular weight is 751 g/mol. The van der Waals surface area contributed by atoms with Crippen molar-refractivity contribution in [3.8, 4) is 33.8 Å². The Morgan fingerprint density at radius 3 is 2.04 bits per heavy atom. The molecule has 0 radical (unpaired) electrons. The molecule has 12 rings (SSSR count). The van der Waals surface area contributed by atoms with Gasteiger partial charge in [-0.2, -0.15) is 0 Å². The second kappa shape index (κ2) is 12.3. The van der Waals surface area contributed by atoms with E-state index in [1.807, 2.05) is 42.0 Å². The minimum Gasteiger partial charge on any atom is -0.308 e. The summed E-state index contributed by atoms with van der Waals surface area (Å²) in [5.74, 6) is 0. The number of aromatic nitrogens is 3. The van der Waals surface area contributed by atoms with Gasteiger partial charge in [-0.15, -0.1) is 0 Å². The van der Waals surface area contributed by atoms with Crippen LogP contribution in [0.15, 0.2) is 202 Å². The minimum absolute atomic E-state index is 0.606. The molecule has 6 heteroatoms. The molecule has 1 unspecified atom stereocenters.